The predicted octanol–water partition coefficient (Wildman–Crippen LogP) is 2.34. The van der Waals surface area contributed by atoms with Crippen LogP contribution in [0.2, 0.25) is 5.15 Å². The summed E-state index contributed by atoms with van der Waals surface area (Å²) in [5.41, 5.74) is 1.11. The Bertz CT molecular complexity index is 433. The molecule has 0 unspecified atom stereocenters. The number of aryl methyl sites for hydroxylation is 1. The summed E-state index contributed by atoms with van der Waals surface area (Å²) < 4.78 is 5.45. The molecular weight excluding hydrogens is 252 g/mol. The van der Waals surface area contributed by atoms with E-state index in [1.807, 2.05) is 6.92 Å². The average molecular weight is 269 g/mol. The Kier molecular flexibility index (Phi) is 3.88. The number of nitrogens with one attached hydrogen (secondary N) is 1. The zero-order valence-electron chi connectivity index (χ0n) is 10.6. The second-order valence-electron chi connectivity index (χ2n) is 4.74. The topological polar surface area (TPSA) is 51.2 Å². The lowest BCUT2D eigenvalue weighted by Gasteiger charge is -2.40. The Morgan fingerprint density at radius 2 is 2.28 bits per heavy atom. The Hall–Kier alpha value is -1.13. The molecule has 1 aliphatic rings. The van der Waals surface area contributed by atoms with Gasteiger partial charge in [-0.05, 0) is 38.3 Å². The lowest BCUT2D eigenvalue weighted by atomic mass is 9.80. The minimum Gasteiger partial charge on any atom is -0.376 e. The van der Waals surface area contributed by atoms with E-state index in [0.717, 1.165) is 25.0 Å². The largest absolute Gasteiger partial charge is 0.376 e. The maximum Gasteiger partial charge on any atom is 0.251 e. The van der Waals surface area contributed by atoms with Crippen LogP contribution in [-0.4, -0.2) is 30.1 Å². The Labute approximate surface area is 112 Å². The van der Waals surface area contributed by atoms with Crippen molar-refractivity contribution in [3.8, 4) is 0 Å². The number of carbonyl (C=O) groups is 1. The summed E-state index contributed by atoms with van der Waals surface area (Å²) in [7, 11) is 1.69. The number of rotatable bonds is 4. The third kappa shape index (κ3) is 2.82. The van der Waals surface area contributed by atoms with Crippen molar-refractivity contribution >= 4 is 17.5 Å². The molecule has 0 saturated heterocycles. The molecule has 0 aromatic carbocycles. The van der Waals surface area contributed by atoms with Crippen molar-refractivity contribution in [1.82, 2.24) is 10.3 Å². The van der Waals surface area contributed by atoms with Gasteiger partial charge in [0.15, 0.2) is 0 Å². The maximum atomic E-state index is 12.0. The first-order chi connectivity index (χ1) is 8.54. The molecule has 0 spiro atoms. The van der Waals surface area contributed by atoms with Crippen LogP contribution in [0, 0.1) is 6.92 Å². The van der Waals surface area contributed by atoms with Crippen LogP contribution in [0.3, 0.4) is 0 Å². The monoisotopic (exact) mass is 268 g/mol. The summed E-state index contributed by atoms with van der Waals surface area (Å²) in [6, 6.07) is 3.30. The van der Waals surface area contributed by atoms with Gasteiger partial charge in [-0.25, -0.2) is 4.98 Å². The lowest BCUT2D eigenvalue weighted by Crippen LogP contribution is -2.49. The molecule has 4 nitrogen and oxygen atoms in total. The van der Waals surface area contributed by atoms with Crippen molar-refractivity contribution in [1.29, 1.82) is 0 Å². The minimum absolute atomic E-state index is 0.134. The molecule has 1 aromatic rings. The maximum absolute atomic E-state index is 12.0. The van der Waals surface area contributed by atoms with Crippen LogP contribution >= 0.6 is 11.6 Å². The van der Waals surface area contributed by atoms with Gasteiger partial charge in [0.2, 0.25) is 0 Å². The van der Waals surface area contributed by atoms with Gasteiger partial charge in [-0.1, -0.05) is 11.6 Å². The lowest BCUT2D eigenvalue weighted by molar-refractivity contribution is -0.0679. The van der Waals surface area contributed by atoms with Crippen molar-refractivity contribution in [3.05, 3.63) is 28.5 Å². The summed E-state index contributed by atoms with van der Waals surface area (Å²) in [6.07, 6.45) is 3.16. The highest BCUT2D eigenvalue weighted by Crippen LogP contribution is 2.34. The van der Waals surface area contributed by atoms with Gasteiger partial charge in [-0.15, -0.1) is 0 Å². The smallest absolute Gasteiger partial charge is 0.251 e. The van der Waals surface area contributed by atoms with Crippen molar-refractivity contribution in [2.75, 3.05) is 13.7 Å². The molecule has 1 aromatic heterocycles. The van der Waals surface area contributed by atoms with E-state index in [9.17, 15) is 4.79 Å². The molecule has 0 atom stereocenters. The quantitative estimate of drug-likeness (QED) is 0.853. The van der Waals surface area contributed by atoms with Crippen molar-refractivity contribution in [3.63, 3.8) is 0 Å². The molecule has 0 bridgehead atoms. The minimum atomic E-state index is -0.165. The Morgan fingerprint density at radius 3 is 2.78 bits per heavy atom. The van der Waals surface area contributed by atoms with Crippen LogP contribution < -0.4 is 5.32 Å². The summed E-state index contributed by atoms with van der Waals surface area (Å²) in [5.74, 6) is -0.134. The van der Waals surface area contributed by atoms with Crippen LogP contribution in [0.4, 0.5) is 0 Å². The molecule has 0 radical (unpaired) electrons. The first-order valence-electron chi connectivity index (χ1n) is 6.02. The molecule has 1 N–H and O–H groups in total. The van der Waals surface area contributed by atoms with Crippen LogP contribution in [0.5, 0.6) is 0 Å². The molecule has 1 saturated carbocycles. The number of amides is 1. The van der Waals surface area contributed by atoms with Gasteiger partial charge in [0.25, 0.3) is 5.91 Å². The van der Waals surface area contributed by atoms with E-state index in [1.165, 1.54) is 0 Å². The second-order valence-corrected chi connectivity index (χ2v) is 5.13. The van der Waals surface area contributed by atoms with E-state index in [2.05, 4.69) is 10.3 Å². The number of nitrogens with zero attached hydrogens (tertiary/aromatic N) is 1. The SMILES string of the molecule is COC1(CNC(=O)c2cc(C)nc(Cl)c2)CCC1. The number of hydrogen-bond donors (Lipinski definition) is 1. The first kappa shape index (κ1) is 13.3. The molecule has 1 amide bonds. The zero-order valence-corrected chi connectivity index (χ0v) is 11.4. The van der Waals surface area contributed by atoms with Crippen LogP contribution in [-0.2, 0) is 4.74 Å². The fourth-order valence-electron chi connectivity index (χ4n) is 2.13. The van der Waals surface area contributed by atoms with E-state index in [0.29, 0.717) is 17.3 Å². The molecular formula is C13H17ClN2O2. The molecule has 18 heavy (non-hydrogen) atoms. The predicted molar refractivity (Wildman–Crippen MR) is 69.9 cm³/mol. The second kappa shape index (κ2) is 5.24. The number of carbonyl (C=O) groups excluding carboxylic acids is 1. The van der Waals surface area contributed by atoms with Gasteiger partial charge in [-0.3, -0.25) is 4.79 Å². The van der Waals surface area contributed by atoms with Crippen LogP contribution in [0.15, 0.2) is 12.1 Å². The molecule has 98 valence electrons. The van der Waals surface area contributed by atoms with Crippen molar-refractivity contribution < 1.29 is 9.53 Å². The summed E-state index contributed by atoms with van der Waals surface area (Å²) in [4.78, 5) is 16.0. The van der Waals surface area contributed by atoms with Crippen LogP contribution in [0.25, 0.3) is 0 Å². The number of halogens is 1. The van der Waals surface area contributed by atoms with Gasteiger partial charge >= 0.3 is 0 Å². The third-order valence-corrected chi connectivity index (χ3v) is 3.65. The average Bonchev–Trinajstić information content (AvgIpc) is 2.26. The molecule has 1 heterocycles. The standard InChI is InChI=1S/C13H17ClN2O2/c1-9-6-10(7-11(14)16-9)12(17)15-8-13(18-2)4-3-5-13/h6-7H,3-5,8H2,1-2H3,(H,15,17). The number of aromatic nitrogens is 1. The Balaban J connectivity index is 1.99. The summed E-state index contributed by atoms with van der Waals surface area (Å²) >= 11 is 5.83. The zero-order chi connectivity index (χ0) is 13.2. The highest BCUT2D eigenvalue weighted by molar-refractivity contribution is 6.29. The molecule has 0 aliphatic heterocycles. The summed E-state index contributed by atoms with van der Waals surface area (Å²) in [5, 5.41) is 3.23. The highest BCUT2D eigenvalue weighted by atomic mass is 35.5. The van der Waals surface area contributed by atoms with Gasteiger partial charge in [-0.2, -0.15) is 0 Å². The van der Waals surface area contributed by atoms with Crippen molar-refractivity contribution in [2.24, 2.45) is 0 Å². The van der Waals surface area contributed by atoms with Gasteiger partial charge in [0.1, 0.15) is 5.15 Å². The summed E-state index contributed by atoms with van der Waals surface area (Å²) in [6.45, 7) is 2.35. The van der Waals surface area contributed by atoms with E-state index in [1.54, 1.807) is 19.2 Å². The first-order valence-corrected chi connectivity index (χ1v) is 6.40. The fraction of sp³-hybridized carbons (Fsp3) is 0.538. The molecule has 2 rings (SSSR count). The number of hydrogen-bond acceptors (Lipinski definition) is 3. The van der Waals surface area contributed by atoms with Crippen LogP contribution in [0.1, 0.15) is 35.3 Å². The van der Waals surface area contributed by atoms with E-state index in [4.69, 9.17) is 16.3 Å². The van der Waals surface area contributed by atoms with E-state index >= 15 is 0 Å². The van der Waals surface area contributed by atoms with E-state index < -0.39 is 0 Å². The van der Waals surface area contributed by atoms with Crippen molar-refractivity contribution in [2.45, 2.75) is 31.8 Å². The normalized spacial score (nSPS) is 17.1. The highest BCUT2D eigenvalue weighted by Gasteiger charge is 2.37. The number of methoxy groups -OCH3 is 1. The van der Waals surface area contributed by atoms with Gasteiger partial charge in [0, 0.05) is 24.9 Å². The fourth-order valence-corrected chi connectivity index (χ4v) is 2.38. The number of pyridine rings is 1. The third-order valence-electron chi connectivity index (χ3n) is 3.45. The van der Waals surface area contributed by atoms with Gasteiger partial charge < -0.3 is 10.1 Å². The van der Waals surface area contributed by atoms with E-state index in [-0.39, 0.29) is 11.5 Å². The molecule has 5 heteroatoms. The Morgan fingerprint density at radius 1 is 1.56 bits per heavy atom. The van der Waals surface area contributed by atoms with Gasteiger partial charge in [0.05, 0.1) is 5.60 Å². The molecule has 1 aliphatic carbocycles. The molecule has 1 fully saturated rings. The number of ether oxygens (including phenoxy) is 1.